The van der Waals surface area contributed by atoms with Crippen LogP contribution in [0.3, 0.4) is 0 Å². The van der Waals surface area contributed by atoms with Gasteiger partial charge in [-0.25, -0.2) is 9.97 Å². The first-order chi connectivity index (χ1) is 12.1. The smallest absolute Gasteiger partial charge is 0.278 e. The minimum Gasteiger partial charge on any atom is -0.319 e. The molecule has 0 radical (unpaired) electrons. The van der Waals surface area contributed by atoms with E-state index in [9.17, 15) is 9.59 Å². The van der Waals surface area contributed by atoms with Gasteiger partial charge in [-0.2, -0.15) is 5.10 Å². The SMILES string of the molecule is O=C(Nc1cncnc1)c1n[nH]cc1NC(=O)c1c(Cl)cccc1Cl. The van der Waals surface area contributed by atoms with Crippen molar-refractivity contribution in [2.75, 3.05) is 10.6 Å². The highest BCUT2D eigenvalue weighted by atomic mass is 35.5. The van der Waals surface area contributed by atoms with E-state index in [-0.39, 0.29) is 27.0 Å². The van der Waals surface area contributed by atoms with Crippen molar-refractivity contribution in [1.82, 2.24) is 20.2 Å². The Hall–Kier alpha value is -2.97. The first-order valence-electron chi connectivity index (χ1n) is 6.91. The van der Waals surface area contributed by atoms with Gasteiger partial charge >= 0.3 is 0 Å². The average Bonchev–Trinajstić information content (AvgIpc) is 3.04. The molecule has 0 fully saturated rings. The summed E-state index contributed by atoms with van der Waals surface area (Å²) >= 11 is 12.0. The number of amides is 2. The Morgan fingerprint density at radius 2 is 1.68 bits per heavy atom. The normalized spacial score (nSPS) is 10.3. The summed E-state index contributed by atoms with van der Waals surface area (Å²) in [6, 6.07) is 4.71. The molecule has 0 aliphatic rings. The largest absolute Gasteiger partial charge is 0.319 e. The minimum absolute atomic E-state index is 0.0135. The minimum atomic E-state index is -0.561. The van der Waals surface area contributed by atoms with E-state index in [0.29, 0.717) is 5.69 Å². The van der Waals surface area contributed by atoms with E-state index in [1.807, 2.05) is 0 Å². The summed E-state index contributed by atoms with van der Waals surface area (Å²) in [6.07, 6.45) is 5.57. The molecule has 0 atom stereocenters. The average molecular weight is 377 g/mol. The highest BCUT2D eigenvalue weighted by Crippen LogP contribution is 2.25. The van der Waals surface area contributed by atoms with Crippen LogP contribution in [0.4, 0.5) is 11.4 Å². The fourth-order valence-corrected chi connectivity index (χ4v) is 2.58. The highest BCUT2D eigenvalue weighted by Gasteiger charge is 2.20. The zero-order chi connectivity index (χ0) is 17.8. The number of halogens is 2. The van der Waals surface area contributed by atoms with Crippen LogP contribution in [0.25, 0.3) is 0 Å². The van der Waals surface area contributed by atoms with E-state index in [1.165, 1.54) is 24.9 Å². The zero-order valence-electron chi connectivity index (χ0n) is 12.5. The van der Waals surface area contributed by atoms with Gasteiger partial charge in [-0.3, -0.25) is 14.7 Å². The van der Waals surface area contributed by atoms with Crippen molar-refractivity contribution in [2.24, 2.45) is 0 Å². The maximum Gasteiger partial charge on any atom is 0.278 e. The first-order valence-corrected chi connectivity index (χ1v) is 7.67. The summed E-state index contributed by atoms with van der Waals surface area (Å²) in [5, 5.41) is 11.9. The number of carbonyl (C=O) groups is 2. The molecule has 0 bridgehead atoms. The summed E-state index contributed by atoms with van der Waals surface area (Å²) in [4.78, 5) is 32.3. The van der Waals surface area contributed by atoms with Gasteiger partial charge in [-0.1, -0.05) is 29.3 Å². The molecule has 3 aromatic rings. The van der Waals surface area contributed by atoms with Crippen LogP contribution in [0.1, 0.15) is 20.8 Å². The summed E-state index contributed by atoms with van der Waals surface area (Å²) in [5.41, 5.74) is 0.660. The van der Waals surface area contributed by atoms with Crippen LogP contribution in [-0.4, -0.2) is 32.0 Å². The van der Waals surface area contributed by atoms with Gasteiger partial charge in [0.25, 0.3) is 11.8 Å². The van der Waals surface area contributed by atoms with Gasteiger partial charge in [0.05, 0.1) is 39.4 Å². The lowest BCUT2D eigenvalue weighted by atomic mass is 10.2. The molecule has 3 N–H and O–H groups in total. The molecule has 2 amide bonds. The summed E-state index contributed by atoms with van der Waals surface area (Å²) in [5.74, 6) is -1.11. The zero-order valence-corrected chi connectivity index (χ0v) is 14.0. The van der Waals surface area contributed by atoms with Gasteiger partial charge in [-0.15, -0.1) is 0 Å². The number of carbonyl (C=O) groups excluding carboxylic acids is 2. The Bertz CT molecular complexity index is 909. The number of nitrogens with zero attached hydrogens (tertiary/aromatic N) is 3. The van der Waals surface area contributed by atoms with Crippen molar-refractivity contribution in [3.8, 4) is 0 Å². The first kappa shape index (κ1) is 16.9. The van der Waals surface area contributed by atoms with Crippen LogP contribution in [-0.2, 0) is 0 Å². The lowest BCUT2D eigenvalue weighted by Gasteiger charge is -2.08. The molecular formula is C15H10Cl2N6O2. The van der Waals surface area contributed by atoms with Gasteiger partial charge in [0, 0.05) is 6.20 Å². The Morgan fingerprint density at radius 1 is 1.00 bits per heavy atom. The van der Waals surface area contributed by atoms with E-state index in [1.54, 1.807) is 18.2 Å². The van der Waals surface area contributed by atoms with Gasteiger partial charge in [0.15, 0.2) is 5.69 Å². The third kappa shape index (κ3) is 3.76. The standard InChI is InChI=1S/C15H10Cl2N6O2/c16-9-2-1-3-10(17)12(9)14(24)22-11-6-20-23-13(11)15(25)21-8-4-18-7-19-5-8/h1-7H,(H,20,23)(H,21,25)(H,22,24). The number of aromatic nitrogens is 4. The summed E-state index contributed by atoms with van der Waals surface area (Å²) in [7, 11) is 0. The number of aromatic amines is 1. The molecule has 0 aliphatic heterocycles. The fourth-order valence-electron chi connectivity index (χ4n) is 2.01. The maximum atomic E-state index is 12.4. The monoisotopic (exact) mass is 376 g/mol. The number of hydrogen-bond acceptors (Lipinski definition) is 5. The van der Waals surface area contributed by atoms with Crippen LogP contribution < -0.4 is 10.6 Å². The second-order valence-electron chi connectivity index (χ2n) is 4.78. The number of anilines is 2. The highest BCUT2D eigenvalue weighted by molar-refractivity contribution is 6.40. The van der Waals surface area contributed by atoms with Gasteiger partial charge in [0.1, 0.15) is 6.33 Å². The van der Waals surface area contributed by atoms with Gasteiger partial charge in [-0.05, 0) is 12.1 Å². The van der Waals surface area contributed by atoms with Crippen molar-refractivity contribution in [3.05, 3.63) is 64.4 Å². The van der Waals surface area contributed by atoms with Crippen LogP contribution in [0.15, 0.2) is 43.1 Å². The number of nitrogens with one attached hydrogen (secondary N) is 3. The molecular weight excluding hydrogens is 367 g/mol. The lowest BCUT2D eigenvalue weighted by molar-refractivity contribution is 0.102. The Kier molecular flexibility index (Phi) is 4.92. The molecule has 0 aliphatic carbocycles. The van der Waals surface area contributed by atoms with Crippen LogP contribution in [0, 0.1) is 0 Å². The molecule has 0 saturated carbocycles. The second-order valence-corrected chi connectivity index (χ2v) is 5.59. The molecule has 25 heavy (non-hydrogen) atoms. The molecule has 0 spiro atoms. The number of H-pyrrole nitrogens is 1. The quantitative estimate of drug-likeness (QED) is 0.647. The maximum absolute atomic E-state index is 12.4. The van der Waals surface area contributed by atoms with E-state index in [0.717, 1.165) is 0 Å². The Morgan fingerprint density at radius 3 is 2.36 bits per heavy atom. The summed E-state index contributed by atoms with van der Waals surface area (Å²) in [6.45, 7) is 0. The van der Waals surface area contributed by atoms with Crippen molar-refractivity contribution in [3.63, 3.8) is 0 Å². The summed E-state index contributed by atoms with van der Waals surface area (Å²) < 4.78 is 0. The molecule has 1 aromatic carbocycles. The molecule has 3 rings (SSSR count). The topological polar surface area (TPSA) is 113 Å². The Labute approximate surface area is 151 Å². The van der Waals surface area contributed by atoms with Crippen LogP contribution in [0.2, 0.25) is 10.0 Å². The lowest BCUT2D eigenvalue weighted by Crippen LogP contribution is -2.18. The third-order valence-electron chi connectivity index (χ3n) is 3.11. The number of benzene rings is 1. The number of rotatable bonds is 4. The van der Waals surface area contributed by atoms with E-state index in [4.69, 9.17) is 23.2 Å². The predicted molar refractivity (Wildman–Crippen MR) is 93.0 cm³/mol. The van der Waals surface area contributed by atoms with Crippen molar-refractivity contribution >= 4 is 46.4 Å². The molecule has 8 nitrogen and oxygen atoms in total. The molecule has 2 heterocycles. The fraction of sp³-hybridized carbons (Fsp3) is 0. The van der Waals surface area contributed by atoms with Crippen LogP contribution >= 0.6 is 23.2 Å². The van der Waals surface area contributed by atoms with Crippen molar-refractivity contribution < 1.29 is 9.59 Å². The van der Waals surface area contributed by atoms with E-state index < -0.39 is 11.8 Å². The van der Waals surface area contributed by atoms with E-state index in [2.05, 4.69) is 30.8 Å². The molecule has 2 aromatic heterocycles. The van der Waals surface area contributed by atoms with Crippen molar-refractivity contribution in [2.45, 2.75) is 0 Å². The third-order valence-corrected chi connectivity index (χ3v) is 3.74. The van der Waals surface area contributed by atoms with E-state index >= 15 is 0 Å². The number of hydrogen-bond donors (Lipinski definition) is 3. The molecule has 0 saturated heterocycles. The van der Waals surface area contributed by atoms with Gasteiger partial charge in [0.2, 0.25) is 0 Å². The van der Waals surface area contributed by atoms with Crippen molar-refractivity contribution in [1.29, 1.82) is 0 Å². The Balaban J connectivity index is 1.80. The molecule has 0 unspecified atom stereocenters. The predicted octanol–water partition coefficient (Wildman–Crippen LogP) is 3.01. The molecule has 10 heteroatoms. The van der Waals surface area contributed by atoms with Crippen LogP contribution in [0.5, 0.6) is 0 Å². The second kappa shape index (κ2) is 7.29. The van der Waals surface area contributed by atoms with Gasteiger partial charge < -0.3 is 10.6 Å². The molecule has 126 valence electrons.